The Morgan fingerprint density at radius 3 is 2.77 bits per heavy atom. The van der Waals surface area contributed by atoms with E-state index in [-0.39, 0.29) is 18.1 Å². The molecule has 1 fully saturated rings. The summed E-state index contributed by atoms with van der Waals surface area (Å²) in [6.45, 7) is 0.110. The van der Waals surface area contributed by atoms with Gasteiger partial charge in [-0.1, -0.05) is 0 Å². The second-order valence-corrected chi connectivity index (χ2v) is 3.29. The van der Waals surface area contributed by atoms with Crippen LogP contribution in [0.25, 0.3) is 0 Å². The van der Waals surface area contributed by atoms with Crippen molar-refractivity contribution in [1.82, 2.24) is 5.32 Å². The number of hydrogen-bond donors (Lipinski definition) is 2. The Labute approximate surface area is 77.6 Å². The van der Waals surface area contributed by atoms with Crippen molar-refractivity contribution >= 4 is 5.97 Å². The van der Waals surface area contributed by atoms with Gasteiger partial charge in [-0.05, 0) is 19.3 Å². The Hall–Kier alpha value is -1.03. The standard InChI is InChI=1S/C9H15NO3/c1-13-8(12)3-6-10-9(7-11)4-2-5-9/h3,6,10-11H,2,4-5,7H2,1H3/b6-3+. The fourth-order valence-electron chi connectivity index (χ4n) is 1.31. The van der Waals surface area contributed by atoms with Gasteiger partial charge in [-0.25, -0.2) is 4.79 Å². The summed E-state index contributed by atoms with van der Waals surface area (Å²) in [5, 5.41) is 12.1. The van der Waals surface area contributed by atoms with E-state index in [2.05, 4.69) is 10.1 Å². The molecule has 1 rings (SSSR count). The van der Waals surface area contributed by atoms with E-state index in [0.717, 1.165) is 19.3 Å². The lowest BCUT2D eigenvalue weighted by atomic mass is 9.77. The van der Waals surface area contributed by atoms with Crippen LogP contribution in [0.2, 0.25) is 0 Å². The molecule has 2 N–H and O–H groups in total. The topological polar surface area (TPSA) is 58.6 Å². The van der Waals surface area contributed by atoms with Gasteiger partial charge in [0.25, 0.3) is 0 Å². The average molecular weight is 185 g/mol. The highest BCUT2D eigenvalue weighted by atomic mass is 16.5. The molecule has 4 heteroatoms. The lowest BCUT2D eigenvalue weighted by Gasteiger charge is -2.40. The van der Waals surface area contributed by atoms with E-state index < -0.39 is 0 Å². The number of hydrogen-bond acceptors (Lipinski definition) is 4. The summed E-state index contributed by atoms with van der Waals surface area (Å²) >= 11 is 0. The second kappa shape index (κ2) is 4.28. The zero-order chi connectivity index (χ0) is 9.73. The largest absolute Gasteiger partial charge is 0.466 e. The average Bonchev–Trinajstić information content (AvgIpc) is 2.09. The van der Waals surface area contributed by atoms with E-state index in [4.69, 9.17) is 5.11 Å². The molecule has 1 aliphatic rings. The number of aliphatic hydroxyl groups excluding tert-OH is 1. The van der Waals surface area contributed by atoms with Crippen LogP contribution in [0, 0.1) is 0 Å². The van der Waals surface area contributed by atoms with Crippen LogP contribution >= 0.6 is 0 Å². The third-order valence-corrected chi connectivity index (χ3v) is 2.42. The number of nitrogens with one attached hydrogen (secondary N) is 1. The molecular weight excluding hydrogens is 170 g/mol. The highest BCUT2D eigenvalue weighted by molar-refractivity contribution is 5.81. The van der Waals surface area contributed by atoms with Crippen molar-refractivity contribution < 1.29 is 14.6 Å². The van der Waals surface area contributed by atoms with Gasteiger partial charge in [-0.2, -0.15) is 0 Å². The Kier molecular flexibility index (Phi) is 3.31. The van der Waals surface area contributed by atoms with Crippen LogP contribution in [0.1, 0.15) is 19.3 Å². The van der Waals surface area contributed by atoms with Crippen LogP contribution in [-0.2, 0) is 9.53 Å². The summed E-state index contributed by atoms with van der Waals surface area (Å²) in [5.41, 5.74) is -0.190. The number of ether oxygens (including phenoxy) is 1. The van der Waals surface area contributed by atoms with Crippen LogP contribution in [0.3, 0.4) is 0 Å². The summed E-state index contributed by atoms with van der Waals surface area (Å²) in [6, 6.07) is 0. The van der Waals surface area contributed by atoms with E-state index in [1.165, 1.54) is 13.2 Å². The summed E-state index contributed by atoms with van der Waals surface area (Å²) in [5.74, 6) is -0.389. The molecule has 74 valence electrons. The third kappa shape index (κ3) is 2.45. The van der Waals surface area contributed by atoms with Gasteiger partial charge in [-0.3, -0.25) is 0 Å². The molecule has 0 spiro atoms. The first kappa shape index (κ1) is 10.1. The van der Waals surface area contributed by atoms with E-state index in [9.17, 15) is 4.79 Å². The molecule has 0 radical (unpaired) electrons. The SMILES string of the molecule is COC(=O)/C=C/NC1(CO)CCC1. The van der Waals surface area contributed by atoms with Crippen molar-refractivity contribution in [2.45, 2.75) is 24.8 Å². The summed E-state index contributed by atoms with van der Waals surface area (Å²) in [6.07, 6.45) is 5.89. The molecule has 0 bridgehead atoms. The van der Waals surface area contributed by atoms with Gasteiger partial charge in [-0.15, -0.1) is 0 Å². The Morgan fingerprint density at radius 1 is 1.69 bits per heavy atom. The lowest BCUT2D eigenvalue weighted by molar-refractivity contribution is -0.134. The van der Waals surface area contributed by atoms with Crippen molar-refractivity contribution in [3.05, 3.63) is 12.3 Å². The van der Waals surface area contributed by atoms with Crippen molar-refractivity contribution in [2.75, 3.05) is 13.7 Å². The fraction of sp³-hybridized carbons (Fsp3) is 0.667. The Bertz CT molecular complexity index is 203. The predicted molar refractivity (Wildman–Crippen MR) is 48.0 cm³/mol. The van der Waals surface area contributed by atoms with E-state index in [1.54, 1.807) is 6.20 Å². The fourth-order valence-corrected chi connectivity index (χ4v) is 1.31. The molecule has 13 heavy (non-hydrogen) atoms. The molecule has 4 nitrogen and oxygen atoms in total. The maximum atomic E-state index is 10.7. The lowest BCUT2D eigenvalue weighted by Crippen LogP contribution is -2.51. The van der Waals surface area contributed by atoms with Crippen molar-refractivity contribution in [3.63, 3.8) is 0 Å². The van der Waals surface area contributed by atoms with E-state index in [1.807, 2.05) is 0 Å². The molecule has 1 saturated carbocycles. The third-order valence-electron chi connectivity index (χ3n) is 2.42. The Balaban J connectivity index is 2.32. The molecule has 0 amide bonds. The van der Waals surface area contributed by atoms with Crippen LogP contribution in [0.4, 0.5) is 0 Å². The van der Waals surface area contributed by atoms with Gasteiger partial charge in [0.1, 0.15) is 0 Å². The normalized spacial score (nSPS) is 19.5. The van der Waals surface area contributed by atoms with Crippen LogP contribution in [-0.4, -0.2) is 30.3 Å². The van der Waals surface area contributed by atoms with Crippen molar-refractivity contribution in [3.8, 4) is 0 Å². The van der Waals surface area contributed by atoms with Crippen LogP contribution in [0.15, 0.2) is 12.3 Å². The number of carbonyl (C=O) groups is 1. The summed E-state index contributed by atoms with van der Waals surface area (Å²) in [7, 11) is 1.33. The molecule has 1 aliphatic carbocycles. The smallest absolute Gasteiger partial charge is 0.331 e. The van der Waals surface area contributed by atoms with Gasteiger partial charge in [0.05, 0.1) is 19.3 Å². The first-order valence-electron chi connectivity index (χ1n) is 4.35. The molecule has 0 heterocycles. The molecule has 0 atom stereocenters. The van der Waals surface area contributed by atoms with Gasteiger partial charge < -0.3 is 15.2 Å². The highest BCUT2D eigenvalue weighted by Gasteiger charge is 2.34. The molecule has 0 unspecified atom stereocenters. The maximum absolute atomic E-state index is 10.7. The maximum Gasteiger partial charge on any atom is 0.331 e. The van der Waals surface area contributed by atoms with Crippen LogP contribution in [0.5, 0.6) is 0 Å². The zero-order valence-electron chi connectivity index (χ0n) is 7.75. The predicted octanol–water partition coefficient (Wildman–Crippen LogP) is 0.178. The first-order chi connectivity index (χ1) is 6.22. The quantitative estimate of drug-likeness (QED) is 0.484. The van der Waals surface area contributed by atoms with Crippen molar-refractivity contribution in [1.29, 1.82) is 0 Å². The second-order valence-electron chi connectivity index (χ2n) is 3.29. The molecule has 0 aromatic rings. The number of aliphatic hydroxyl groups is 1. The number of esters is 1. The Morgan fingerprint density at radius 2 is 2.38 bits per heavy atom. The van der Waals surface area contributed by atoms with Crippen molar-refractivity contribution in [2.24, 2.45) is 0 Å². The zero-order valence-corrected chi connectivity index (χ0v) is 7.75. The number of carbonyl (C=O) groups excluding carboxylic acids is 1. The number of rotatable bonds is 4. The molecule has 0 aromatic heterocycles. The molecular formula is C9H15NO3. The van der Waals surface area contributed by atoms with Gasteiger partial charge in [0.2, 0.25) is 0 Å². The van der Waals surface area contributed by atoms with E-state index in [0.29, 0.717) is 0 Å². The summed E-state index contributed by atoms with van der Waals surface area (Å²) in [4.78, 5) is 10.7. The monoisotopic (exact) mass is 185 g/mol. The van der Waals surface area contributed by atoms with Crippen LogP contribution < -0.4 is 5.32 Å². The highest BCUT2D eigenvalue weighted by Crippen LogP contribution is 2.30. The number of methoxy groups -OCH3 is 1. The van der Waals surface area contributed by atoms with Gasteiger partial charge in [0, 0.05) is 12.3 Å². The minimum absolute atomic E-state index is 0.110. The van der Waals surface area contributed by atoms with Gasteiger partial charge in [0.15, 0.2) is 0 Å². The minimum Gasteiger partial charge on any atom is -0.466 e. The molecule has 0 aliphatic heterocycles. The molecule has 0 aromatic carbocycles. The first-order valence-corrected chi connectivity index (χ1v) is 4.35. The summed E-state index contributed by atoms with van der Waals surface area (Å²) < 4.78 is 4.42. The van der Waals surface area contributed by atoms with Gasteiger partial charge >= 0.3 is 5.97 Å². The minimum atomic E-state index is -0.389. The van der Waals surface area contributed by atoms with E-state index >= 15 is 0 Å². The molecule has 0 saturated heterocycles.